The van der Waals surface area contributed by atoms with Gasteiger partial charge in [-0.05, 0) is 41.7 Å². The molecule has 0 bridgehead atoms. The highest BCUT2D eigenvalue weighted by molar-refractivity contribution is 6.36. The van der Waals surface area contributed by atoms with Crippen molar-refractivity contribution in [2.45, 2.75) is 38.4 Å². The zero-order valence-corrected chi connectivity index (χ0v) is 20.5. The van der Waals surface area contributed by atoms with Crippen LogP contribution in [0, 0.1) is 5.41 Å². The van der Waals surface area contributed by atoms with Crippen molar-refractivity contribution in [2.75, 3.05) is 6.54 Å². The minimum absolute atomic E-state index is 0.0746. The molecule has 0 saturated heterocycles. The number of hydrogen-bond acceptors (Lipinski definition) is 4. The highest BCUT2D eigenvalue weighted by Gasteiger charge is 2.21. The van der Waals surface area contributed by atoms with Crippen LogP contribution < -0.4 is 32.7 Å². The van der Waals surface area contributed by atoms with Crippen LogP contribution >= 0.6 is 23.2 Å². The molecule has 188 valence electrons. The third-order valence-electron chi connectivity index (χ3n) is 4.99. The van der Waals surface area contributed by atoms with Crippen molar-refractivity contribution in [3.8, 4) is 0 Å². The lowest BCUT2D eigenvalue weighted by Gasteiger charge is -2.19. The maximum atomic E-state index is 12.9. The van der Waals surface area contributed by atoms with Crippen LogP contribution in [0.1, 0.15) is 29.5 Å². The summed E-state index contributed by atoms with van der Waals surface area (Å²) in [5, 5.41) is 18.7. The van der Waals surface area contributed by atoms with Crippen molar-refractivity contribution in [2.24, 2.45) is 11.5 Å². The molecule has 9 N–H and O–H groups in total. The molecule has 4 amide bonds. The van der Waals surface area contributed by atoms with Crippen molar-refractivity contribution in [1.29, 1.82) is 5.41 Å². The molecule has 1 atom stereocenters. The zero-order chi connectivity index (χ0) is 25.8. The molecule has 0 radical (unpaired) electrons. The van der Waals surface area contributed by atoms with Gasteiger partial charge in [-0.3, -0.25) is 15.0 Å². The largest absolute Gasteiger partial charge is 0.370 e. The molecule has 0 fully saturated rings. The van der Waals surface area contributed by atoms with E-state index in [4.69, 9.17) is 40.1 Å². The second-order valence-corrected chi connectivity index (χ2v) is 8.55. The lowest BCUT2D eigenvalue weighted by Crippen LogP contribution is -2.47. The summed E-state index contributed by atoms with van der Waals surface area (Å²) in [6.45, 7) is 0.933. The minimum atomic E-state index is -0.809. The van der Waals surface area contributed by atoms with E-state index in [2.05, 4.69) is 21.3 Å². The zero-order valence-electron chi connectivity index (χ0n) is 19.0. The summed E-state index contributed by atoms with van der Waals surface area (Å²) in [7, 11) is 0. The summed E-state index contributed by atoms with van der Waals surface area (Å²) in [6, 6.07) is 10.8. The number of nitrogens with one attached hydrogen (secondary N) is 5. The lowest BCUT2D eigenvalue weighted by molar-refractivity contribution is -0.129. The molecule has 0 spiro atoms. The molecule has 0 aliphatic rings. The highest BCUT2D eigenvalue weighted by Crippen LogP contribution is 2.24. The van der Waals surface area contributed by atoms with Gasteiger partial charge >= 0.3 is 6.03 Å². The smallest absolute Gasteiger partial charge is 0.312 e. The van der Waals surface area contributed by atoms with Gasteiger partial charge in [0.05, 0.1) is 6.42 Å². The maximum Gasteiger partial charge on any atom is 0.312 e. The topological polar surface area (TPSA) is 175 Å². The van der Waals surface area contributed by atoms with E-state index in [-0.39, 0.29) is 24.8 Å². The molecule has 2 rings (SSSR count). The molecule has 0 saturated carbocycles. The summed E-state index contributed by atoms with van der Waals surface area (Å²) in [5.41, 5.74) is 12.5. The van der Waals surface area contributed by atoms with Crippen molar-refractivity contribution < 1.29 is 14.4 Å². The fourth-order valence-electron chi connectivity index (χ4n) is 3.18. The monoisotopic (exact) mass is 521 g/mol. The minimum Gasteiger partial charge on any atom is -0.370 e. The number of primary amides is 1. The molecule has 10 nitrogen and oxygen atoms in total. The molecule has 0 aliphatic heterocycles. The van der Waals surface area contributed by atoms with Crippen LogP contribution in [0.4, 0.5) is 4.79 Å². The Kier molecular flexibility index (Phi) is 11.1. The van der Waals surface area contributed by atoms with Crippen LogP contribution in [0.25, 0.3) is 0 Å². The third kappa shape index (κ3) is 10.1. The van der Waals surface area contributed by atoms with Crippen LogP contribution in [-0.4, -0.2) is 36.4 Å². The number of nitrogens with two attached hydrogens (primary N) is 2. The van der Waals surface area contributed by atoms with Gasteiger partial charge in [0.1, 0.15) is 6.04 Å². The van der Waals surface area contributed by atoms with Crippen molar-refractivity contribution in [3.05, 3.63) is 69.2 Å². The van der Waals surface area contributed by atoms with Crippen LogP contribution in [0.15, 0.2) is 42.5 Å². The Morgan fingerprint density at radius 2 is 1.46 bits per heavy atom. The fraction of sp³-hybridized carbons (Fsp3) is 0.304. The highest BCUT2D eigenvalue weighted by atomic mass is 35.5. The van der Waals surface area contributed by atoms with E-state index in [0.717, 1.165) is 11.1 Å². The molecular weight excluding hydrogens is 493 g/mol. The van der Waals surface area contributed by atoms with Crippen molar-refractivity contribution in [3.63, 3.8) is 0 Å². The first-order valence-corrected chi connectivity index (χ1v) is 11.6. The first-order chi connectivity index (χ1) is 16.7. The molecule has 2 aromatic carbocycles. The average Bonchev–Trinajstić information content (AvgIpc) is 2.81. The van der Waals surface area contributed by atoms with E-state index in [1.807, 2.05) is 24.3 Å². The Morgan fingerprint density at radius 3 is 2.00 bits per heavy atom. The fourth-order valence-corrected chi connectivity index (χ4v) is 3.71. The maximum absolute atomic E-state index is 12.9. The summed E-state index contributed by atoms with van der Waals surface area (Å²) >= 11 is 12.3. The predicted octanol–water partition coefficient (Wildman–Crippen LogP) is 1.77. The van der Waals surface area contributed by atoms with E-state index in [1.54, 1.807) is 18.2 Å². The normalized spacial score (nSPS) is 11.3. The standard InChI is InChI=1S/C23H29Cl2N7O3/c24-17-3-1-4-18(25)16(17)11-20(33)32-19(5-2-10-29-22(26)27)21(34)30-12-14-6-8-15(9-7-14)13-31-23(28)35/h1,3-4,6-9,19H,2,5,10-13H2,(H,30,34)(H,32,33)(H4,26,27,29)(H3,28,31,35)/t19-/m1/s1. The summed E-state index contributed by atoms with van der Waals surface area (Å²) in [6.07, 6.45) is 0.743. The first kappa shape index (κ1) is 27.7. The van der Waals surface area contributed by atoms with Crippen LogP contribution in [0.3, 0.4) is 0 Å². The number of rotatable bonds is 12. The molecule has 12 heteroatoms. The Bertz CT molecular complexity index is 1030. The van der Waals surface area contributed by atoms with E-state index < -0.39 is 18.0 Å². The first-order valence-electron chi connectivity index (χ1n) is 10.8. The Balaban J connectivity index is 1.98. The molecule has 0 heterocycles. The van der Waals surface area contributed by atoms with Crippen LogP contribution in [0.2, 0.25) is 10.0 Å². The number of carbonyl (C=O) groups is 3. The van der Waals surface area contributed by atoms with E-state index in [0.29, 0.717) is 41.5 Å². The van der Waals surface area contributed by atoms with Gasteiger partial charge in [-0.2, -0.15) is 0 Å². The summed E-state index contributed by atoms with van der Waals surface area (Å²) < 4.78 is 0. The van der Waals surface area contributed by atoms with E-state index >= 15 is 0 Å². The van der Waals surface area contributed by atoms with Crippen LogP contribution in [0.5, 0.6) is 0 Å². The van der Waals surface area contributed by atoms with Gasteiger partial charge in [-0.15, -0.1) is 0 Å². The van der Waals surface area contributed by atoms with Crippen LogP contribution in [-0.2, 0) is 29.1 Å². The summed E-state index contributed by atoms with van der Waals surface area (Å²) in [5.74, 6) is -0.922. The van der Waals surface area contributed by atoms with Gasteiger partial charge < -0.3 is 32.7 Å². The second kappa shape index (κ2) is 14.0. The van der Waals surface area contributed by atoms with Gasteiger partial charge in [0.15, 0.2) is 5.96 Å². The Morgan fingerprint density at radius 1 is 0.886 bits per heavy atom. The number of benzene rings is 2. The molecule has 0 aromatic heterocycles. The Hall–Kier alpha value is -3.50. The van der Waals surface area contributed by atoms with Gasteiger partial charge in [-0.1, -0.05) is 53.5 Å². The SMILES string of the molecule is N=C(N)NCCC[C@@H](NC(=O)Cc1c(Cl)cccc1Cl)C(=O)NCc1ccc(CNC(N)=O)cc1. The number of guanidine groups is 1. The third-order valence-corrected chi connectivity index (χ3v) is 5.70. The molecule has 0 aliphatic carbocycles. The molecule has 35 heavy (non-hydrogen) atoms. The second-order valence-electron chi connectivity index (χ2n) is 7.73. The number of halogens is 2. The van der Waals surface area contributed by atoms with Crippen molar-refractivity contribution in [1.82, 2.24) is 21.3 Å². The predicted molar refractivity (Wildman–Crippen MR) is 136 cm³/mol. The molecule has 0 unspecified atom stereocenters. The average molecular weight is 522 g/mol. The van der Waals surface area contributed by atoms with Gasteiger partial charge in [0.2, 0.25) is 11.8 Å². The van der Waals surface area contributed by atoms with Gasteiger partial charge in [0, 0.05) is 29.7 Å². The lowest BCUT2D eigenvalue weighted by atomic mass is 10.1. The number of amides is 4. The quantitative estimate of drug-likeness (QED) is 0.128. The molecular formula is C23H29Cl2N7O3. The van der Waals surface area contributed by atoms with Gasteiger partial charge in [0.25, 0.3) is 0 Å². The van der Waals surface area contributed by atoms with Crippen molar-refractivity contribution >= 4 is 47.0 Å². The Labute approximate surface area is 213 Å². The number of hydrogen-bond donors (Lipinski definition) is 7. The summed E-state index contributed by atoms with van der Waals surface area (Å²) in [4.78, 5) is 36.4. The van der Waals surface area contributed by atoms with E-state index in [1.165, 1.54) is 0 Å². The van der Waals surface area contributed by atoms with E-state index in [9.17, 15) is 14.4 Å². The number of carbonyl (C=O) groups excluding carboxylic acids is 3. The molecule has 2 aromatic rings. The number of urea groups is 1. The van der Waals surface area contributed by atoms with Gasteiger partial charge in [-0.25, -0.2) is 4.79 Å².